The molecule has 9 nitrogen and oxygen atoms in total. The van der Waals surface area contributed by atoms with Crippen LogP contribution in [0.5, 0.6) is 0 Å². The molecule has 0 spiro atoms. The number of aryl methyl sites for hydroxylation is 1. The fourth-order valence-electron chi connectivity index (χ4n) is 3.36. The largest absolute Gasteiger partial charge is 0.326 e. The van der Waals surface area contributed by atoms with E-state index in [0.29, 0.717) is 27.7 Å². The van der Waals surface area contributed by atoms with E-state index in [0.717, 1.165) is 5.56 Å². The van der Waals surface area contributed by atoms with Crippen LogP contribution >= 0.6 is 11.6 Å². The van der Waals surface area contributed by atoms with E-state index in [2.05, 4.69) is 15.7 Å². The summed E-state index contributed by atoms with van der Waals surface area (Å²) in [7, 11) is 0. The number of aromatic nitrogens is 2. The molecule has 10 heteroatoms. The molecule has 0 bridgehead atoms. The van der Waals surface area contributed by atoms with Gasteiger partial charge in [-0.25, -0.2) is 4.68 Å². The number of hydrogen-bond donors (Lipinski definition) is 2. The SMILES string of the molecule is Cc1cc([N+](=O)[O-])ccc1NC(=O)CC1C(=O)Nc2c(-c3cccc(Cl)c3)cnn21. The van der Waals surface area contributed by atoms with Gasteiger partial charge in [0.2, 0.25) is 5.91 Å². The highest BCUT2D eigenvalue weighted by Gasteiger charge is 2.35. The molecule has 1 aliphatic rings. The zero-order chi connectivity index (χ0) is 21.4. The van der Waals surface area contributed by atoms with Gasteiger partial charge in [-0.1, -0.05) is 23.7 Å². The minimum Gasteiger partial charge on any atom is -0.326 e. The number of nitro groups is 1. The molecule has 3 aromatic rings. The topological polar surface area (TPSA) is 119 Å². The molecule has 152 valence electrons. The Kier molecular flexibility index (Phi) is 4.96. The fraction of sp³-hybridized carbons (Fsp3) is 0.150. The quantitative estimate of drug-likeness (QED) is 0.474. The van der Waals surface area contributed by atoms with Crippen LogP contribution in [0.15, 0.2) is 48.7 Å². The average Bonchev–Trinajstić information content (AvgIpc) is 3.23. The van der Waals surface area contributed by atoms with Gasteiger partial charge in [-0.2, -0.15) is 5.10 Å². The van der Waals surface area contributed by atoms with Crippen LogP contribution in [-0.4, -0.2) is 26.5 Å². The highest BCUT2D eigenvalue weighted by molar-refractivity contribution is 6.30. The van der Waals surface area contributed by atoms with Crippen LogP contribution in [0.1, 0.15) is 18.0 Å². The van der Waals surface area contributed by atoms with Crippen LogP contribution in [-0.2, 0) is 9.59 Å². The molecule has 0 radical (unpaired) electrons. The molecule has 1 aromatic heterocycles. The summed E-state index contributed by atoms with van der Waals surface area (Å²) < 4.78 is 1.49. The number of benzene rings is 2. The zero-order valence-electron chi connectivity index (χ0n) is 15.8. The third-order valence-electron chi connectivity index (χ3n) is 4.84. The minimum absolute atomic E-state index is 0.0598. The molecule has 0 aliphatic carbocycles. The van der Waals surface area contributed by atoms with Crippen molar-refractivity contribution >= 4 is 40.6 Å². The van der Waals surface area contributed by atoms with Crippen LogP contribution in [0.2, 0.25) is 5.02 Å². The Morgan fingerprint density at radius 1 is 1.33 bits per heavy atom. The first-order chi connectivity index (χ1) is 14.3. The lowest BCUT2D eigenvalue weighted by Crippen LogP contribution is -2.23. The van der Waals surface area contributed by atoms with Crippen molar-refractivity contribution in [1.29, 1.82) is 0 Å². The first-order valence-corrected chi connectivity index (χ1v) is 9.40. The van der Waals surface area contributed by atoms with Crippen molar-refractivity contribution in [3.63, 3.8) is 0 Å². The molecule has 2 heterocycles. The van der Waals surface area contributed by atoms with Gasteiger partial charge in [0.05, 0.1) is 17.5 Å². The first-order valence-electron chi connectivity index (χ1n) is 9.02. The van der Waals surface area contributed by atoms with E-state index in [1.807, 2.05) is 6.07 Å². The van der Waals surface area contributed by atoms with Crippen molar-refractivity contribution in [2.24, 2.45) is 0 Å². The Morgan fingerprint density at radius 3 is 2.83 bits per heavy atom. The number of carbonyl (C=O) groups excluding carboxylic acids is 2. The van der Waals surface area contributed by atoms with Gasteiger partial charge in [0.25, 0.3) is 11.6 Å². The Hall–Kier alpha value is -3.72. The zero-order valence-corrected chi connectivity index (χ0v) is 16.5. The molecule has 2 aromatic carbocycles. The third-order valence-corrected chi connectivity index (χ3v) is 5.08. The highest BCUT2D eigenvalue weighted by atomic mass is 35.5. The summed E-state index contributed by atoms with van der Waals surface area (Å²) in [4.78, 5) is 35.3. The number of amides is 2. The fourth-order valence-corrected chi connectivity index (χ4v) is 3.55. The predicted molar refractivity (Wildman–Crippen MR) is 111 cm³/mol. The summed E-state index contributed by atoms with van der Waals surface area (Å²) in [5.74, 6) is -0.233. The van der Waals surface area contributed by atoms with E-state index in [9.17, 15) is 19.7 Å². The second-order valence-electron chi connectivity index (χ2n) is 6.88. The lowest BCUT2D eigenvalue weighted by molar-refractivity contribution is -0.384. The Labute approximate surface area is 175 Å². The van der Waals surface area contributed by atoms with Gasteiger partial charge >= 0.3 is 0 Å². The number of anilines is 2. The normalized spacial score (nSPS) is 14.9. The molecule has 0 saturated heterocycles. The average molecular weight is 426 g/mol. The van der Waals surface area contributed by atoms with Gasteiger partial charge in [-0.15, -0.1) is 0 Å². The van der Waals surface area contributed by atoms with Crippen LogP contribution in [0, 0.1) is 17.0 Å². The number of non-ortho nitro benzene ring substituents is 1. The monoisotopic (exact) mass is 425 g/mol. The van der Waals surface area contributed by atoms with E-state index in [4.69, 9.17) is 11.6 Å². The van der Waals surface area contributed by atoms with Crippen molar-refractivity contribution in [1.82, 2.24) is 9.78 Å². The molecular weight excluding hydrogens is 410 g/mol. The lowest BCUT2D eigenvalue weighted by Gasteiger charge is -2.11. The number of nitrogens with zero attached hydrogens (tertiary/aromatic N) is 3. The van der Waals surface area contributed by atoms with E-state index in [1.165, 1.54) is 22.9 Å². The summed E-state index contributed by atoms with van der Waals surface area (Å²) in [6, 6.07) is 10.5. The predicted octanol–water partition coefficient (Wildman–Crippen LogP) is 3.94. The summed E-state index contributed by atoms with van der Waals surface area (Å²) in [5.41, 5.74) is 2.45. The molecule has 30 heavy (non-hydrogen) atoms. The van der Waals surface area contributed by atoms with Crippen molar-refractivity contribution < 1.29 is 14.5 Å². The van der Waals surface area contributed by atoms with Crippen LogP contribution in [0.3, 0.4) is 0 Å². The Bertz CT molecular complexity index is 1190. The standard InChI is InChI=1S/C20H16ClN5O4/c1-11-7-14(26(29)30)5-6-16(11)23-18(27)9-17-20(28)24-19-15(10-22-25(17)19)12-3-2-4-13(21)8-12/h2-8,10,17H,9H2,1H3,(H,23,27)(H,24,28). The van der Waals surface area contributed by atoms with Crippen LogP contribution in [0.25, 0.3) is 11.1 Å². The summed E-state index contributed by atoms with van der Waals surface area (Å²) in [6.45, 7) is 1.66. The van der Waals surface area contributed by atoms with E-state index in [1.54, 1.807) is 31.3 Å². The molecule has 2 N–H and O–H groups in total. The molecule has 1 aliphatic heterocycles. The first kappa shape index (κ1) is 19.6. The van der Waals surface area contributed by atoms with Gasteiger partial charge in [0.15, 0.2) is 0 Å². The lowest BCUT2D eigenvalue weighted by atomic mass is 10.1. The van der Waals surface area contributed by atoms with Crippen LogP contribution < -0.4 is 10.6 Å². The second-order valence-corrected chi connectivity index (χ2v) is 7.31. The maximum Gasteiger partial charge on any atom is 0.269 e. The third kappa shape index (κ3) is 3.62. The summed E-state index contributed by atoms with van der Waals surface area (Å²) in [6.07, 6.45) is 1.48. The van der Waals surface area contributed by atoms with Crippen molar-refractivity contribution in [2.45, 2.75) is 19.4 Å². The summed E-state index contributed by atoms with van der Waals surface area (Å²) in [5, 5.41) is 21.2. The smallest absolute Gasteiger partial charge is 0.269 e. The van der Waals surface area contributed by atoms with Gasteiger partial charge in [0.1, 0.15) is 11.9 Å². The van der Waals surface area contributed by atoms with Crippen molar-refractivity contribution in [3.8, 4) is 11.1 Å². The molecule has 0 saturated carbocycles. The van der Waals surface area contributed by atoms with Gasteiger partial charge in [0, 0.05) is 28.4 Å². The second kappa shape index (κ2) is 7.60. The summed E-state index contributed by atoms with van der Waals surface area (Å²) >= 11 is 6.05. The molecular formula is C20H16ClN5O4. The van der Waals surface area contributed by atoms with Crippen molar-refractivity contribution in [2.75, 3.05) is 10.6 Å². The van der Waals surface area contributed by atoms with E-state index >= 15 is 0 Å². The number of carbonyl (C=O) groups is 2. The number of fused-ring (bicyclic) bond motifs is 1. The maximum absolute atomic E-state index is 12.5. The van der Waals surface area contributed by atoms with Gasteiger partial charge in [-0.05, 0) is 36.2 Å². The highest BCUT2D eigenvalue weighted by Crippen LogP contribution is 2.36. The maximum atomic E-state index is 12.5. The molecule has 2 amide bonds. The Morgan fingerprint density at radius 2 is 2.13 bits per heavy atom. The van der Waals surface area contributed by atoms with Crippen molar-refractivity contribution in [3.05, 3.63) is 69.4 Å². The molecule has 0 fully saturated rings. The van der Waals surface area contributed by atoms with Crippen LogP contribution in [0.4, 0.5) is 17.2 Å². The number of rotatable bonds is 5. The number of hydrogen-bond acceptors (Lipinski definition) is 5. The minimum atomic E-state index is -0.800. The molecule has 1 atom stereocenters. The number of nitrogens with one attached hydrogen (secondary N) is 2. The van der Waals surface area contributed by atoms with Gasteiger partial charge < -0.3 is 10.6 Å². The molecule has 1 unspecified atom stereocenters. The number of halogens is 1. The van der Waals surface area contributed by atoms with E-state index in [-0.39, 0.29) is 18.0 Å². The van der Waals surface area contributed by atoms with Gasteiger partial charge in [-0.3, -0.25) is 19.7 Å². The van der Waals surface area contributed by atoms with E-state index < -0.39 is 16.9 Å². The number of nitro benzene ring substituents is 1. The molecule has 4 rings (SSSR count). The Balaban J connectivity index is 1.52.